The van der Waals surface area contributed by atoms with Crippen molar-refractivity contribution in [2.45, 2.75) is 263 Å². The number of ether oxygens (including phenoxy) is 1. The molecule has 1 rings (SSSR count). The molecule has 0 aromatic heterocycles. The molecule has 0 radical (unpaired) electrons. The molecule has 0 saturated carbocycles. The lowest BCUT2D eigenvalue weighted by molar-refractivity contribution is 0.00977. The van der Waals surface area contributed by atoms with Crippen LogP contribution in [0.25, 0.3) is 0 Å². The van der Waals surface area contributed by atoms with Crippen LogP contribution in [0.4, 0.5) is 0 Å². The maximum Gasteiger partial charge on any atom is 0.0575 e. The molecule has 0 bridgehead atoms. The highest BCUT2D eigenvalue weighted by atomic mass is 16.5. The van der Waals surface area contributed by atoms with E-state index in [-0.39, 0.29) is 0 Å². The van der Waals surface area contributed by atoms with Crippen LogP contribution in [-0.2, 0) is 4.74 Å². The summed E-state index contributed by atoms with van der Waals surface area (Å²) in [7, 11) is 0. The first kappa shape index (κ1) is 55.9. The summed E-state index contributed by atoms with van der Waals surface area (Å²) in [5.41, 5.74) is 0. The van der Waals surface area contributed by atoms with Gasteiger partial charge in [0.1, 0.15) is 0 Å². The zero-order valence-corrected chi connectivity index (χ0v) is 34.1. The molecule has 272 valence electrons. The van der Waals surface area contributed by atoms with Crippen LogP contribution in [-0.4, -0.2) is 12.7 Å². The van der Waals surface area contributed by atoms with E-state index in [0.29, 0.717) is 6.10 Å². The van der Waals surface area contributed by atoms with Gasteiger partial charge in [0.05, 0.1) is 6.10 Å². The molecule has 1 nitrogen and oxygen atoms in total. The Morgan fingerprint density at radius 1 is 0.432 bits per heavy atom. The van der Waals surface area contributed by atoms with E-state index in [2.05, 4.69) is 32.6 Å². The molecule has 1 fully saturated rings. The first-order valence-corrected chi connectivity index (χ1v) is 20.9. The Balaban J connectivity index is -0.000000132. The Kier molecular flexibility index (Phi) is 88.0. The molecular weight excluding hydrogens is 532 g/mol. The highest BCUT2D eigenvalue weighted by Gasteiger charge is 2.12. The summed E-state index contributed by atoms with van der Waals surface area (Å²) in [4.78, 5) is 0. The van der Waals surface area contributed by atoms with Gasteiger partial charge in [-0.2, -0.15) is 0 Å². The molecule has 1 aliphatic heterocycles. The second-order valence-electron chi connectivity index (χ2n) is 10.6. The maximum absolute atomic E-state index is 5.78. The largest absolute Gasteiger partial charge is 0.378 e. The van der Waals surface area contributed by atoms with E-state index in [1.165, 1.54) is 154 Å². The van der Waals surface area contributed by atoms with Gasteiger partial charge in [-0.1, -0.05) is 212 Å². The van der Waals surface area contributed by atoms with Crippen LogP contribution in [0.1, 0.15) is 257 Å². The van der Waals surface area contributed by atoms with Crippen LogP contribution < -0.4 is 0 Å². The predicted octanol–water partition coefficient (Wildman–Crippen LogP) is 16.7. The van der Waals surface area contributed by atoms with Crippen LogP contribution >= 0.6 is 0 Å². The topological polar surface area (TPSA) is 9.23 Å². The Morgan fingerprint density at radius 2 is 0.795 bits per heavy atom. The average molecular weight is 627 g/mol. The standard InChI is InChI=1S/C19H38O.C14H26.5C2H6/c1-2-3-4-5-6-7-8-9-10-11-12-13-16-19-17-14-15-18-20-19;1-3-5-7-9-11-13-14-12-10-8-6-4-2;5*1-2/h19H,2-18H2,1H3;3-5,7,9-14H2,1-2H3;5*1-2H3. The van der Waals surface area contributed by atoms with Crippen molar-refractivity contribution in [2.24, 2.45) is 0 Å². The monoisotopic (exact) mass is 627 g/mol. The molecule has 1 atom stereocenters. The third kappa shape index (κ3) is 64.5. The van der Waals surface area contributed by atoms with Gasteiger partial charge in [0.25, 0.3) is 0 Å². The van der Waals surface area contributed by atoms with Crippen molar-refractivity contribution in [1.29, 1.82) is 0 Å². The van der Waals surface area contributed by atoms with Gasteiger partial charge < -0.3 is 4.74 Å². The molecule has 0 spiro atoms. The summed E-state index contributed by atoms with van der Waals surface area (Å²) in [6, 6.07) is 0. The fourth-order valence-electron chi connectivity index (χ4n) is 4.81. The lowest BCUT2D eigenvalue weighted by Gasteiger charge is -2.22. The normalized spacial score (nSPS) is 12.5. The highest BCUT2D eigenvalue weighted by Crippen LogP contribution is 2.19. The van der Waals surface area contributed by atoms with Crippen molar-refractivity contribution in [2.75, 3.05) is 6.61 Å². The molecule has 0 aromatic carbocycles. The van der Waals surface area contributed by atoms with E-state index in [9.17, 15) is 0 Å². The Bertz CT molecular complexity index is 412. The van der Waals surface area contributed by atoms with E-state index in [1.54, 1.807) is 0 Å². The van der Waals surface area contributed by atoms with E-state index in [1.807, 2.05) is 69.2 Å². The fraction of sp³-hybridized carbons (Fsp3) is 0.953. The quantitative estimate of drug-likeness (QED) is 0.0909. The van der Waals surface area contributed by atoms with Crippen LogP contribution in [0.5, 0.6) is 0 Å². The second kappa shape index (κ2) is 69.3. The van der Waals surface area contributed by atoms with Gasteiger partial charge in [0.2, 0.25) is 0 Å². The maximum atomic E-state index is 5.78. The van der Waals surface area contributed by atoms with E-state index >= 15 is 0 Å². The van der Waals surface area contributed by atoms with Crippen LogP contribution in [0.15, 0.2) is 0 Å². The van der Waals surface area contributed by atoms with Gasteiger partial charge in [-0.3, -0.25) is 0 Å². The molecule has 1 saturated heterocycles. The summed E-state index contributed by atoms with van der Waals surface area (Å²) in [6.07, 6.45) is 36.6. The molecule has 0 aliphatic carbocycles. The summed E-state index contributed by atoms with van der Waals surface area (Å²) in [6.45, 7) is 27.7. The minimum atomic E-state index is 0.604. The molecule has 1 heterocycles. The van der Waals surface area contributed by atoms with Gasteiger partial charge in [0, 0.05) is 19.4 Å². The van der Waals surface area contributed by atoms with Crippen LogP contribution in [0, 0.1) is 11.8 Å². The molecular formula is C43H94O. The molecule has 1 heteroatoms. The highest BCUT2D eigenvalue weighted by molar-refractivity contribution is 4.97. The third-order valence-corrected chi connectivity index (χ3v) is 7.11. The third-order valence-electron chi connectivity index (χ3n) is 7.11. The van der Waals surface area contributed by atoms with Crippen molar-refractivity contribution in [3.8, 4) is 11.8 Å². The van der Waals surface area contributed by atoms with Crippen LogP contribution in [0.3, 0.4) is 0 Å². The molecule has 44 heavy (non-hydrogen) atoms. The zero-order chi connectivity index (χ0) is 34.8. The smallest absolute Gasteiger partial charge is 0.0575 e. The van der Waals surface area contributed by atoms with Crippen molar-refractivity contribution < 1.29 is 4.74 Å². The van der Waals surface area contributed by atoms with E-state index in [4.69, 9.17) is 4.74 Å². The predicted molar refractivity (Wildman–Crippen MR) is 211 cm³/mol. The van der Waals surface area contributed by atoms with E-state index < -0.39 is 0 Å². The van der Waals surface area contributed by atoms with Crippen molar-refractivity contribution in [3.63, 3.8) is 0 Å². The van der Waals surface area contributed by atoms with Gasteiger partial charge >= 0.3 is 0 Å². The van der Waals surface area contributed by atoms with Crippen molar-refractivity contribution >= 4 is 0 Å². The summed E-state index contributed by atoms with van der Waals surface area (Å²) >= 11 is 0. The molecule has 0 N–H and O–H groups in total. The number of rotatable bonds is 21. The Hall–Kier alpha value is -0.480. The van der Waals surface area contributed by atoms with Crippen molar-refractivity contribution in [3.05, 3.63) is 0 Å². The molecule has 1 unspecified atom stereocenters. The van der Waals surface area contributed by atoms with E-state index in [0.717, 1.165) is 19.4 Å². The summed E-state index contributed by atoms with van der Waals surface area (Å²) in [5.74, 6) is 6.31. The fourth-order valence-corrected chi connectivity index (χ4v) is 4.81. The van der Waals surface area contributed by atoms with Gasteiger partial charge in [0.15, 0.2) is 0 Å². The molecule has 1 aliphatic rings. The van der Waals surface area contributed by atoms with Gasteiger partial charge in [-0.05, 0) is 32.1 Å². The van der Waals surface area contributed by atoms with Crippen molar-refractivity contribution in [1.82, 2.24) is 0 Å². The summed E-state index contributed by atoms with van der Waals surface area (Å²) in [5, 5.41) is 0. The number of unbranched alkanes of at least 4 members (excludes halogenated alkanes) is 19. The minimum absolute atomic E-state index is 0.604. The summed E-state index contributed by atoms with van der Waals surface area (Å²) < 4.78 is 5.78. The average Bonchev–Trinajstić information content (AvgIpc) is 3.11. The zero-order valence-electron chi connectivity index (χ0n) is 34.1. The van der Waals surface area contributed by atoms with Crippen LogP contribution in [0.2, 0.25) is 0 Å². The number of hydrogen-bond donors (Lipinski definition) is 0. The first-order valence-electron chi connectivity index (χ1n) is 20.9. The molecule has 0 aromatic rings. The molecule has 0 amide bonds. The lowest BCUT2D eigenvalue weighted by Crippen LogP contribution is -2.18. The van der Waals surface area contributed by atoms with Gasteiger partial charge in [-0.15, -0.1) is 11.8 Å². The minimum Gasteiger partial charge on any atom is -0.378 e. The first-order chi connectivity index (χ1) is 21.8. The Labute approximate surface area is 285 Å². The SMILES string of the molecule is CC.CC.CC.CC.CC.CCC#CCCCCCCCCCC.CCCCCCCCCCCCCCC1CCCCO1. The number of hydrogen-bond acceptors (Lipinski definition) is 1. The second-order valence-corrected chi connectivity index (χ2v) is 10.6. The van der Waals surface area contributed by atoms with Gasteiger partial charge in [-0.25, -0.2) is 0 Å². The lowest BCUT2D eigenvalue weighted by atomic mass is 10.0. The Morgan fingerprint density at radius 3 is 1.14 bits per heavy atom.